The van der Waals surface area contributed by atoms with Gasteiger partial charge in [0.25, 0.3) is 0 Å². The van der Waals surface area contributed by atoms with Gasteiger partial charge in [-0.25, -0.2) is 0 Å². The molecule has 0 radical (unpaired) electrons. The number of ether oxygens (including phenoxy) is 2. The molecule has 1 fully saturated rings. The fourth-order valence-electron chi connectivity index (χ4n) is 1.63. The summed E-state index contributed by atoms with van der Waals surface area (Å²) in [6.45, 7) is 1.08. The van der Waals surface area contributed by atoms with Gasteiger partial charge in [-0.1, -0.05) is 5.11 Å². The topological polar surface area (TPSA) is 125 Å². The van der Waals surface area contributed by atoms with Crippen molar-refractivity contribution in [1.82, 2.24) is 0 Å². The minimum Gasteiger partial charge on any atom is -0.463 e. The molecule has 0 aromatic carbocycles. The Bertz CT molecular complexity index is 347. The molecule has 0 spiro atoms. The first-order valence-corrected chi connectivity index (χ1v) is 6.52. The number of azide groups is 1. The second-order valence-corrected chi connectivity index (χ2v) is 4.69. The van der Waals surface area contributed by atoms with Crippen LogP contribution in [0.3, 0.4) is 0 Å². The highest BCUT2D eigenvalue weighted by molar-refractivity contribution is 7.99. The van der Waals surface area contributed by atoms with E-state index in [0.29, 0.717) is 0 Å². The molecule has 102 valence electrons. The summed E-state index contributed by atoms with van der Waals surface area (Å²) in [6, 6.07) is -0.881. The molecule has 1 saturated heterocycles. The van der Waals surface area contributed by atoms with E-state index < -0.39 is 35.8 Å². The van der Waals surface area contributed by atoms with Gasteiger partial charge in [0, 0.05) is 11.8 Å². The molecule has 1 aliphatic rings. The van der Waals surface area contributed by atoms with Crippen LogP contribution in [0.4, 0.5) is 0 Å². The van der Waals surface area contributed by atoms with Crippen molar-refractivity contribution in [3.63, 3.8) is 0 Å². The van der Waals surface area contributed by atoms with Crippen molar-refractivity contribution in [2.24, 2.45) is 5.11 Å². The maximum absolute atomic E-state index is 10.7. The normalized spacial score (nSPS) is 35.7. The van der Waals surface area contributed by atoms with Crippen LogP contribution in [-0.4, -0.2) is 58.8 Å². The summed E-state index contributed by atoms with van der Waals surface area (Å²) in [5.41, 5.74) is 7.81. The molecule has 0 aromatic rings. The van der Waals surface area contributed by atoms with Gasteiger partial charge < -0.3 is 19.7 Å². The molecule has 1 aliphatic heterocycles. The molecule has 5 atom stereocenters. The molecular formula is C9H15N3O5S. The van der Waals surface area contributed by atoms with Crippen molar-refractivity contribution in [2.45, 2.75) is 36.7 Å². The van der Waals surface area contributed by atoms with E-state index in [1.54, 1.807) is 6.26 Å². The number of rotatable bonds is 4. The van der Waals surface area contributed by atoms with Crippen LogP contribution in [0.2, 0.25) is 0 Å². The zero-order chi connectivity index (χ0) is 13.7. The number of carbonyl (C=O) groups excluding carboxylic acids is 1. The summed E-state index contributed by atoms with van der Waals surface area (Å²) in [7, 11) is 0. The van der Waals surface area contributed by atoms with Crippen LogP contribution in [0.25, 0.3) is 10.4 Å². The molecule has 0 bridgehead atoms. The molecule has 9 heteroatoms. The summed E-state index contributed by atoms with van der Waals surface area (Å²) in [4.78, 5) is 13.3. The van der Waals surface area contributed by atoms with Crippen molar-refractivity contribution < 1.29 is 24.5 Å². The fourth-order valence-corrected chi connectivity index (χ4v) is 2.38. The Labute approximate surface area is 108 Å². The number of aliphatic hydroxyl groups excluding tert-OH is 2. The smallest absolute Gasteiger partial charge is 0.302 e. The highest BCUT2D eigenvalue weighted by Gasteiger charge is 2.44. The Morgan fingerprint density at radius 3 is 2.72 bits per heavy atom. The highest BCUT2D eigenvalue weighted by Crippen LogP contribution is 2.29. The van der Waals surface area contributed by atoms with Crippen LogP contribution >= 0.6 is 11.8 Å². The molecule has 0 amide bonds. The van der Waals surface area contributed by atoms with Crippen molar-refractivity contribution in [1.29, 1.82) is 0 Å². The van der Waals surface area contributed by atoms with Crippen LogP contribution in [-0.2, 0) is 14.3 Å². The molecule has 0 saturated carbocycles. The zero-order valence-electron chi connectivity index (χ0n) is 9.96. The molecule has 1 rings (SSSR count). The van der Waals surface area contributed by atoms with Crippen molar-refractivity contribution in [3.8, 4) is 0 Å². The number of hydrogen-bond acceptors (Lipinski definition) is 7. The van der Waals surface area contributed by atoms with E-state index in [9.17, 15) is 15.0 Å². The van der Waals surface area contributed by atoms with Gasteiger partial charge in [0.15, 0.2) is 0 Å². The first-order valence-electron chi connectivity index (χ1n) is 5.23. The monoisotopic (exact) mass is 277 g/mol. The molecule has 0 aliphatic carbocycles. The summed E-state index contributed by atoms with van der Waals surface area (Å²) < 4.78 is 10.2. The Kier molecular flexibility index (Phi) is 5.70. The van der Waals surface area contributed by atoms with Gasteiger partial charge in [0.05, 0.1) is 6.10 Å². The quantitative estimate of drug-likeness (QED) is 0.323. The number of nitrogens with zero attached hydrogens (tertiary/aromatic N) is 3. The Hall–Kier alpha value is -0.990. The highest BCUT2D eigenvalue weighted by atomic mass is 32.2. The molecule has 18 heavy (non-hydrogen) atoms. The standard InChI is InChI=1S/C9H15N3O5S/c1-4(13)16-3-5-7(14)8(15)6(11-12-10)9(17-5)18-2/h5-9,14-15H,3H2,1-2H3/t5?,6-,7+,8?,9-/m0/s1. The predicted octanol–water partition coefficient (Wildman–Crippen LogP) is 0.0381. The van der Waals surface area contributed by atoms with E-state index in [1.807, 2.05) is 0 Å². The SMILES string of the molecule is CS[C@@H]1OC(COC(C)=O)[C@@H](O)C(O)[C@@H]1N=[N+]=[N-]. The molecule has 8 nitrogen and oxygen atoms in total. The molecule has 1 heterocycles. The first-order chi connectivity index (χ1) is 8.51. The zero-order valence-corrected chi connectivity index (χ0v) is 10.8. The fraction of sp³-hybridized carbons (Fsp3) is 0.889. The van der Waals surface area contributed by atoms with E-state index in [-0.39, 0.29) is 6.61 Å². The van der Waals surface area contributed by atoms with E-state index in [4.69, 9.17) is 15.0 Å². The van der Waals surface area contributed by atoms with Gasteiger partial charge in [-0.3, -0.25) is 4.79 Å². The second-order valence-electron chi connectivity index (χ2n) is 3.76. The van der Waals surface area contributed by atoms with Gasteiger partial charge >= 0.3 is 5.97 Å². The maximum atomic E-state index is 10.7. The van der Waals surface area contributed by atoms with E-state index >= 15 is 0 Å². The van der Waals surface area contributed by atoms with E-state index in [1.165, 1.54) is 18.7 Å². The van der Waals surface area contributed by atoms with Crippen LogP contribution in [0.15, 0.2) is 5.11 Å². The molecular weight excluding hydrogens is 262 g/mol. The number of thioether (sulfide) groups is 1. The van der Waals surface area contributed by atoms with Gasteiger partial charge in [-0.2, -0.15) is 0 Å². The lowest BCUT2D eigenvalue weighted by Gasteiger charge is -2.40. The van der Waals surface area contributed by atoms with Gasteiger partial charge in [-0.05, 0) is 11.8 Å². The minimum absolute atomic E-state index is 0.159. The minimum atomic E-state index is -1.27. The lowest BCUT2D eigenvalue weighted by Crippen LogP contribution is -2.57. The van der Waals surface area contributed by atoms with Crippen LogP contribution in [0, 0.1) is 0 Å². The Balaban J connectivity index is 2.75. The van der Waals surface area contributed by atoms with Crippen LogP contribution < -0.4 is 0 Å². The van der Waals surface area contributed by atoms with Crippen molar-refractivity contribution >= 4 is 17.7 Å². The van der Waals surface area contributed by atoms with Crippen LogP contribution in [0.5, 0.6) is 0 Å². The molecule has 2 N–H and O–H groups in total. The van der Waals surface area contributed by atoms with Crippen molar-refractivity contribution in [2.75, 3.05) is 12.9 Å². The van der Waals surface area contributed by atoms with E-state index in [2.05, 4.69) is 10.0 Å². The third kappa shape index (κ3) is 3.50. The lowest BCUT2D eigenvalue weighted by atomic mass is 9.99. The third-order valence-corrected chi connectivity index (χ3v) is 3.39. The number of carbonyl (C=O) groups is 1. The maximum Gasteiger partial charge on any atom is 0.302 e. The summed E-state index contributed by atoms with van der Waals surface area (Å²) in [5, 5.41) is 23.1. The third-order valence-electron chi connectivity index (χ3n) is 2.54. The Morgan fingerprint density at radius 2 is 2.22 bits per heavy atom. The van der Waals surface area contributed by atoms with Gasteiger partial charge in [0.1, 0.15) is 30.3 Å². The average molecular weight is 277 g/mol. The predicted molar refractivity (Wildman–Crippen MR) is 63.8 cm³/mol. The Morgan fingerprint density at radius 1 is 1.56 bits per heavy atom. The largest absolute Gasteiger partial charge is 0.463 e. The van der Waals surface area contributed by atoms with Gasteiger partial charge in [0.2, 0.25) is 0 Å². The van der Waals surface area contributed by atoms with Crippen molar-refractivity contribution in [3.05, 3.63) is 10.4 Å². The number of hydrogen-bond donors (Lipinski definition) is 2. The second kappa shape index (κ2) is 6.81. The number of esters is 1. The number of aliphatic hydroxyl groups is 2. The summed E-state index contributed by atoms with van der Waals surface area (Å²) in [6.07, 6.45) is -1.65. The average Bonchev–Trinajstić information content (AvgIpc) is 2.34. The molecule has 2 unspecified atom stereocenters. The van der Waals surface area contributed by atoms with Crippen LogP contribution in [0.1, 0.15) is 6.92 Å². The van der Waals surface area contributed by atoms with E-state index in [0.717, 1.165) is 0 Å². The van der Waals surface area contributed by atoms with Gasteiger partial charge in [-0.15, -0.1) is 11.8 Å². The molecule has 0 aromatic heterocycles. The lowest BCUT2D eigenvalue weighted by molar-refractivity contribution is -0.178. The first kappa shape index (κ1) is 15.1. The summed E-state index contributed by atoms with van der Waals surface area (Å²) >= 11 is 1.24. The summed E-state index contributed by atoms with van der Waals surface area (Å²) in [5.74, 6) is -0.502.